The van der Waals surface area contributed by atoms with Gasteiger partial charge in [0.2, 0.25) is 0 Å². The minimum absolute atomic E-state index is 0.492. The van der Waals surface area contributed by atoms with Gasteiger partial charge in [-0.15, -0.1) is 11.3 Å². The van der Waals surface area contributed by atoms with E-state index in [1.54, 1.807) is 11.3 Å². The van der Waals surface area contributed by atoms with Gasteiger partial charge in [0, 0.05) is 24.5 Å². The summed E-state index contributed by atoms with van der Waals surface area (Å²) in [6, 6.07) is 0.492. The van der Waals surface area contributed by atoms with E-state index in [0.29, 0.717) is 6.04 Å². The number of aromatic nitrogens is 1. The first-order valence-corrected chi connectivity index (χ1v) is 8.44. The average molecular weight is 311 g/mol. The highest BCUT2D eigenvalue weighted by atomic mass is 32.1. The van der Waals surface area contributed by atoms with Crippen molar-refractivity contribution in [3.05, 3.63) is 15.6 Å². The number of thiazole rings is 1. The van der Waals surface area contributed by atoms with E-state index in [4.69, 9.17) is 0 Å². The van der Waals surface area contributed by atoms with Gasteiger partial charge in [-0.2, -0.15) is 0 Å². The minimum atomic E-state index is 0.492. The lowest BCUT2D eigenvalue weighted by Gasteiger charge is -2.27. The Morgan fingerprint density at radius 1 is 1.29 bits per heavy atom. The Morgan fingerprint density at radius 3 is 2.43 bits per heavy atom. The summed E-state index contributed by atoms with van der Waals surface area (Å²) in [5.41, 5.74) is 1.11. The van der Waals surface area contributed by atoms with E-state index in [0.717, 1.165) is 42.8 Å². The zero-order valence-corrected chi connectivity index (χ0v) is 15.0. The molecule has 1 atom stereocenters. The normalized spacial score (nSPS) is 13.6. The van der Waals surface area contributed by atoms with Crippen molar-refractivity contribution in [2.75, 3.05) is 26.7 Å². The Bertz CT molecular complexity index is 451. The Hall–Kier alpha value is -1.14. The molecule has 0 aliphatic heterocycles. The van der Waals surface area contributed by atoms with Crippen molar-refractivity contribution >= 4 is 17.3 Å². The summed E-state index contributed by atoms with van der Waals surface area (Å²) in [4.78, 5) is 12.4. The molecule has 0 aromatic carbocycles. The summed E-state index contributed by atoms with van der Waals surface area (Å²) in [7, 11) is 1.81. The molecule has 2 N–H and O–H groups in total. The second kappa shape index (κ2) is 9.00. The van der Waals surface area contributed by atoms with E-state index in [9.17, 15) is 0 Å². The summed E-state index contributed by atoms with van der Waals surface area (Å²) >= 11 is 1.74. The maximum absolute atomic E-state index is 4.45. The van der Waals surface area contributed by atoms with Crippen LogP contribution in [0.25, 0.3) is 0 Å². The second-order valence-corrected chi connectivity index (χ2v) is 6.41. The summed E-state index contributed by atoms with van der Waals surface area (Å²) < 4.78 is 0. The molecule has 120 valence electrons. The molecule has 0 radical (unpaired) electrons. The minimum Gasteiger partial charge on any atom is -0.355 e. The van der Waals surface area contributed by atoms with Gasteiger partial charge in [0.15, 0.2) is 5.96 Å². The maximum Gasteiger partial charge on any atom is 0.191 e. The lowest BCUT2D eigenvalue weighted by Crippen LogP contribution is -2.45. The summed E-state index contributed by atoms with van der Waals surface area (Å²) in [6.45, 7) is 14.5. The number of hydrogen-bond donors (Lipinski definition) is 2. The van der Waals surface area contributed by atoms with Gasteiger partial charge in [-0.1, -0.05) is 13.8 Å². The molecule has 5 nitrogen and oxygen atoms in total. The van der Waals surface area contributed by atoms with Gasteiger partial charge in [0.25, 0.3) is 0 Å². The molecular formula is C15H29N5S. The van der Waals surface area contributed by atoms with Gasteiger partial charge in [0.1, 0.15) is 0 Å². The van der Waals surface area contributed by atoms with E-state index < -0.39 is 0 Å². The molecule has 1 rings (SSSR count). The Labute approximate surface area is 132 Å². The zero-order chi connectivity index (χ0) is 15.8. The molecule has 0 saturated heterocycles. The predicted molar refractivity (Wildman–Crippen MR) is 92.2 cm³/mol. The standard InChI is InChI=1S/C15H29N5S/c1-7-20(8-2)11(3)9-17-15(16-6)18-10-14-12(4)19-13(5)21-14/h11H,7-10H2,1-6H3,(H2,16,17,18). The largest absolute Gasteiger partial charge is 0.355 e. The van der Waals surface area contributed by atoms with Crippen LogP contribution in [0.15, 0.2) is 4.99 Å². The zero-order valence-electron chi connectivity index (χ0n) is 14.2. The highest BCUT2D eigenvalue weighted by Gasteiger charge is 2.11. The maximum atomic E-state index is 4.45. The molecule has 21 heavy (non-hydrogen) atoms. The van der Waals surface area contributed by atoms with Crippen molar-refractivity contribution in [1.82, 2.24) is 20.5 Å². The van der Waals surface area contributed by atoms with Crippen LogP contribution in [0.1, 0.15) is 36.3 Å². The molecule has 0 aliphatic rings. The topological polar surface area (TPSA) is 52.5 Å². The van der Waals surface area contributed by atoms with Crippen molar-refractivity contribution in [2.24, 2.45) is 4.99 Å². The number of likely N-dealkylation sites (N-methyl/N-ethyl adjacent to an activating group) is 1. The Balaban J connectivity index is 2.44. The molecule has 1 heterocycles. The third kappa shape index (κ3) is 5.63. The summed E-state index contributed by atoms with van der Waals surface area (Å²) in [6.07, 6.45) is 0. The fraction of sp³-hybridized carbons (Fsp3) is 0.733. The molecule has 6 heteroatoms. The molecule has 1 aromatic rings. The van der Waals surface area contributed by atoms with Crippen molar-refractivity contribution in [2.45, 2.75) is 47.2 Å². The Morgan fingerprint density at radius 2 is 1.95 bits per heavy atom. The molecule has 1 unspecified atom stereocenters. The first kappa shape index (κ1) is 17.9. The lowest BCUT2D eigenvalue weighted by atomic mass is 10.3. The highest BCUT2D eigenvalue weighted by molar-refractivity contribution is 7.11. The third-order valence-corrected chi connectivity index (χ3v) is 4.71. The van der Waals surface area contributed by atoms with Gasteiger partial charge < -0.3 is 10.6 Å². The van der Waals surface area contributed by atoms with E-state index in [2.05, 4.69) is 53.2 Å². The van der Waals surface area contributed by atoms with Crippen molar-refractivity contribution in [3.8, 4) is 0 Å². The molecule has 0 aliphatic carbocycles. The van der Waals surface area contributed by atoms with E-state index in [-0.39, 0.29) is 0 Å². The average Bonchev–Trinajstić information content (AvgIpc) is 2.78. The van der Waals surface area contributed by atoms with Crippen LogP contribution < -0.4 is 10.6 Å². The Kier molecular flexibility index (Phi) is 7.67. The number of nitrogens with zero attached hydrogens (tertiary/aromatic N) is 3. The van der Waals surface area contributed by atoms with E-state index in [1.807, 2.05) is 14.0 Å². The second-order valence-electron chi connectivity index (χ2n) is 5.12. The number of aryl methyl sites for hydroxylation is 2. The first-order valence-electron chi connectivity index (χ1n) is 7.63. The molecule has 0 amide bonds. The van der Waals surface area contributed by atoms with Crippen LogP contribution in [-0.2, 0) is 6.54 Å². The van der Waals surface area contributed by atoms with Crippen molar-refractivity contribution in [3.63, 3.8) is 0 Å². The third-order valence-electron chi connectivity index (χ3n) is 3.64. The molecule has 1 aromatic heterocycles. The molecule has 0 bridgehead atoms. The number of nitrogens with one attached hydrogen (secondary N) is 2. The highest BCUT2D eigenvalue weighted by Crippen LogP contribution is 2.16. The van der Waals surface area contributed by atoms with Crippen LogP contribution in [-0.4, -0.2) is 48.6 Å². The van der Waals surface area contributed by atoms with Gasteiger partial charge >= 0.3 is 0 Å². The van der Waals surface area contributed by atoms with Gasteiger partial charge in [-0.3, -0.25) is 9.89 Å². The number of guanidine groups is 1. The van der Waals surface area contributed by atoms with E-state index >= 15 is 0 Å². The van der Waals surface area contributed by atoms with Crippen molar-refractivity contribution < 1.29 is 0 Å². The van der Waals surface area contributed by atoms with Crippen LogP contribution in [0.3, 0.4) is 0 Å². The first-order chi connectivity index (χ1) is 10.0. The van der Waals surface area contributed by atoms with E-state index in [1.165, 1.54) is 4.88 Å². The van der Waals surface area contributed by atoms with Crippen LogP contribution in [0.2, 0.25) is 0 Å². The smallest absolute Gasteiger partial charge is 0.191 e. The van der Waals surface area contributed by atoms with Crippen LogP contribution in [0, 0.1) is 13.8 Å². The fourth-order valence-corrected chi connectivity index (χ4v) is 3.22. The molecular weight excluding hydrogens is 282 g/mol. The predicted octanol–water partition coefficient (Wildman–Crippen LogP) is 2.16. The van der Waals surface area contributed by atoms with Crippen LogP contribution >= 0.6 is 11.3 Å². The monoisotopic (exact) mass is 311 g/mol. The number of aliphatic imine (C=N–C) groups is 1. The lowest BCUT2D eigenvalue weighted by molar-refractivity contribution is 0.231. The fourth-order valence-electron chi connectivity index (χ4n) is 2.34. The van der Waals surface area contributed by atoms with Gasteiger partial charge in [0.05, 0.1) is 17.2 Å². The van der Waals surface area contributed by atoms with Crippen LogP contribution in [0.5, 0.6) is 0 Å². The van der Waals surface area contributed by atoms with Gasteiger partial charge in [-0.25, -0.2) is 4.98 Å². The SMILES string of the molecule is CCN(CC)C(C)CNC(=NC)NCc1sc(C)nc1C. The summed E-state index contributed by atoms with van der Waals surface area (Å²) in [5.74, 6) is 0.847. The number of hydrogen-bond acceptors (Lipinski definition) is 4. The quantitative estimate of drug-likeness (QED) is 0.598. The molecule has 0 fully saturated rings. The van der Waals surface area contributed by atoms with Gasteiger partial charge in [-0.05, 0) is 33.9 Å². The molecule has 0 saturated carbocycles. The number of rotatable bonds is 7. The van der Waals surface area contributed by atoms with Crippen LogP contribution in [0.4, 0.5) is 0 Å². The van der Waals surface area contributed by atoms with Crippen molar-refractivity contribution in [1.29, 1.82) is 0 Å². The summed E-state index contributed by atoms with van der Waals surface area (Å²) in [5, 5.41) is 7.87. The molecule has 0 spiro atoms.